The van der Waals surface area contributed by atoms with Crippen molar-refractivity contribution in [2.24, 2.45) is 0 Å². The smallest absolute Gasteiger partial charge is 0.416 e. The number of halogens is 3. The van der Waals surface area contributed by atoms with Gasteiger partial charge in [0.1, 0.15) is 5.75 Å². The highest BCUT2D eigenvalue weighted by molar-refractivity contribution is 7.14. The normalized spacial score (nSPS) is 14.5. The van der Waals surface area contributed by atoms with Crippen molar-refractivity contribution in [2.75, 3.05) is 33.3 Å². The van der Waals surface area contributed by atoms with Crippen molar-refractivity contribution in [3.05, 3.63) is 64.7 Å². The molecule has 1 amide bonds. The monoisotopic (exact) mass is 528 g/mol. The van der Waals surface area contributed by atoms with Crippen LogP contribution in [0.5, 0.6) is 5.75 Å². The van der Waals surface area contributed by atoms with Crippen molar-refractivity contribution >= 4 is 28.1 Å². The van der Waals surface area contributed by atoms with Crippen LogP contribution in [0.15, 0.2) is 48.7 Å². The maximum absolute atomic E-state index is 13.6. The van der Waals surface area contributed by atoms with Gasteiger partial charge in [-0.3, -0.25) is 9.36 Å². The van der Waals surface area contributed by atoms with Crippen molar-refractivity contribution in [2.45, 2.75) is 25.9 Å². The Hall–Kier alpha value is -3.37. The third-order valence-corrected chi connectivity index (χ3v) is 7.84. The number of fused-ring (bicyclic) bond motifs is 1. The highest BCUT2D eigenvalue weighted by Gasteiger charge is 2.32. The Morgan fingerprint density at radius 3 is 2.57 bits per heavy atom. The molecule has 0 atom stereocenters. The van der Waals surface area contributed by atoms with Gasteiger partial charge in [0.2, 0.25) is 0 Å². The lowest BCUT2D eigenvalue weighted by Crippen LogP contribution is -2.46. The summed E-state index contributed by atoms with van der Waals surface area (Å²) in [6, 6.07) is 11.2. The summed E-state index contributed by atoms with van der Waals surface area (Å²) in [5, 5.41) is 4.05. The summed E-state index contributed by atoms with van der Waals surface area (Å²) in [5.74, 6) is 0.586. The molecule has 1 aliphatic rings. The predicted octanol–water partition coefficient (Wildman–Crippen LogP) is 5.95. The average molecular weight is 529 g/mol. The minimum absolute atomic E-state index is 0.160. The summed E-state index contributed by atoms with van der Waals surface area (Å²) < 4.78 is 47.9. The van der Waals surface area contributed by atoms with E-state index in [0.29, 0.717) is 42.6 Å². The number of thiazole rings is 1. The van der Waals surface area contributed by atoms with Crippen molar-refractivity contribution in [1.29, 1.82) is 0 Å². The molecule has 0 spiro atoms. The van der Waals surface area contributed by atoms with Crippen LogP contribution < -0.4 is 10.1 Å². The van der Waals surface area contributed by atoms with Gasteiger partial charge in [-0.1, -0.05) is 26.0 Å². The van der Waals surface area contributed by atoms with E-state index in [4.69, 9.17) is 9.72 Å². The van der Waals surface area contributed by atoms with E-state index in [9.17, 15) is 18.0 Å². The molecule has 0 unspecified atom stereocenters. The first-order valence-corrected chi connectivity index (χ1v) is 12.9. The molecule has 1 N–H and O–H groups in total. The molecule has 0 radical (unpaired) electrons. The van der Waals surface area contributed by atoms with Crippen molar-refractivity contribution in [1.82, 2.24) is 19.8 Å². The molecule has 3 heterocycles. The Kier molecular flexibility index (Phi) is 6.72. The van der Waals surface area contributed by atoms with Gasteiger partial charge in [0, 0.05) is 48.2 Å². The zero-order valence-corrected chi connectivity index (χ0v) is 21.5. The van der Waals surface area contributed by atoms with E-state index in [1.165, 1.54) is 17.4 Å². The molecule has 10 heteroatoms. The molecule has 1 aliphatic heterocycles. The van der Waals surface area contributed by atoms with Crippen molar-refractivity contribution in [3.8, 4) is 22.1 Å². The minimum Gasteiger partial charge on any atom is -0.497 e. The molecule has 0 aliphatic carbocycles. The number of hydrogen-bond donors (Lipinski definition) is 1. The third-order valence-electron chi connectivity index (χ3n) is 6.48. The molecule has 1 fully saturated rings. The van der Waals surface area contributed by atoms with E-state index in [0.717, 1.165) is 28.3 Å². The molecular formula is C27H27F3N4O2S. The minimum atomic E-state index is -4.52. The second-order valence-electron chi connectivity index (χ2n) is 9.28. The van der Waals surface area contributed by atoms with E-state index in [2.05, 4.69) is 19.2 Å². The average Bonchev–Trinajstić information content (AvgIpc) is 3.50. The number of ether oxygens (including phenoxy) is 1. The first-order chi connectivity index (χ1) is 17.7. The fourth-order valence-electron chi connectivity index (χ4n) is 4.57. The van der Waals surface area contributed by atoms with Gasteiger partial charge in [0.25, 0.3) is 5.91 Å². The molecule has 2 aromatic heterocycles. The number of carbonyl (C=O) groups is 1. The molecule has 5 rings (SSSR count). The van der Waals surface area contributed by atoms with Gasteiger partial charge in [-0.15, -0.1) is 11.3 Å². The summed E-state index contributed by atoms with van der Waals surface area (Å²) in [4.78, 5) is 21.1. The Labute approximate surface area is 216 Å². The van der Waals surface area contributed by atoms with Crippen LogP contribution in [0, 0.1) is 0 Å². The van der Waals surface area contributed by atoms with Gasteiger partial charge in [-0.2, -0.15) is 13.2 Å². The number of rotatable bonds is 5. The number of benzene rings is 2. The number of amides is 1. The maximum atomic E-state index is 13.6. The molecule has 1 saturated heterocycles. The first kappa shape index (κ1) is 25.3. The Balaban J connectivity index is 1.68. The summed E-state index contributed by atoms with van der Waals surface area (Å²) in [5.41, 5.74) is 1.64. The van der Waals surface area contributed by atoms with Gasteiger partial charge >= 0.3 is 6.18 Å². The molecule has 6 nitrogen and oxygen atoms in total. The van der Waals surface area contributed by atoms with Gasteiger partial charge in [-0.05, 0) is 36.2 Å². The van der Waals surface area contributed by atoms with Crippen LogP contribution in [0.3, 0.4) is 0 Å². The molecule has 2 aromatic carbocycles. The standard InChI is InChI=1S/C27H27F3N4O2S/c1-16(2)24-23(17-5-4-6-19(13-17)36-3)32-26(37-24)34-15-21(25(35)33-11-9-31-10-12-33)20-14-18(27(28,29)30)7-8-22(20)34/h4-8,13-16,31H,9-12H2,1-3H3. The zero-order chi connectivity index (χ0) is 26.3. The molecular weight excluding hydrogens is 501 g/mol. The van der Waals surface area contributed by atoms with Crippen LogP contribution in [0.25, 0.3) is 27.3 Å². The van der Waals surface area contributed by atoms with E-state index >= 15 is 0 Å². The van der Waals surface area contributed by atoms with Crippen LogP contribution in [-0.4, -0.2) is 53.6 Å². The van der Waals surface area contributed by atoms with Gasteiger partial charge in [0.05, 0.1) is 29.4 Å². The van der Waals surface area contributed by atoms with E-state index in [1.807, 2.05) is 24.3 Å². The number of alkyl halides is 3. The molecule has 4 aromatic rings. The summed E-state index contributed by atoms with van der Waals surface area (Å²) in [6.45, 7) is 6.43. The highest BCUT2D eigenvalue weighted by atomic mass is 32.1. The molecule has 194 valence electrons. The summed E-state index contributed by atoms with van der Waals surface area (Å²) >= 11 is 1.47. The topological polar surface area (TPSA) is 59.4 Å². The lowest BCUT2D eigenvalue weighted by molar-refractivity contribution is -0.137. The van der Waals surface area contributed by atoms with Gasteiger partial charge < -0.3 is 15.0 Å². The van der Waals surface area contributed by atoms with Crippen LogP contribution in [-0.2, 0) is 6.18 Å². The molecule has 0 saturated carbocycles. The number of nitrogens with zero attached hydrogens (tertiary/aromatic N) is 3. The second kappa shape index (κ2) is 9.83. The van der Waals surface area contributed by atoms with Crippen LogP contribution in [0.4, 0.5) is 13.2 Å². The quantitative estimate of drug-likeness (QED) is 0.348. The predicted molar refractivity (Wildman–Crippen MR) is 139 cm³/mol. The van der Waals surface area contributed by atoms with Crippen molar-refractivity contribution in [3.63, 3.8) is 0 Å². The van der Waals surface area contributed by atoms with E-state index < -0.39 is 11.7 Å². The maximum Gasteiger partial charge on any atom is 0.416 e. The largest absolute Gasteiger partial charge is 0.497 e. The lowest BCUT2D eigenvalue weighted by Gasteiger charge is -2.27. The Bertz CT molecular complexity index is 1450. The number of carbonyl (C=O) groups excluding carboxylic acids is 1. The summed E-state index contributed by atoms with van der Waals surface area (Å²) in [7, 11) is 1.60. The number of methoxy groups -OCH3 is 1. The van der Waals surface area contributed by atoms with Gasteiger partial charge in [0.15, 0.2) is 5.13 Å². The Morgan fingerprint density at radius 1 is 1.14 bits per heavy atom. The van der Waals surface area contributed by atoms with Crippen LogP contribution in [0.2, 0.25) is 0 Å². The number of piperazine rings is 1. The second-order valence-corrected chi connectivity index (χ2v) is 10.3. The Morgan fingerprint density at radius 2 is 1.89 bits per heavy atom. The summed E-state index contributed by atoms with van der Waals surface area (Å²) in [6.07, 6.45) is -2.88. The zero-order valence-electron chi connectivity index (χ0n) is 20.7. The first-order valence-electron chi connectivity index (χ1n) is 12.0. The SMILES string of the molecule is COc1cccc(-c2nc(-n3cc(C(=O)N4CCNCC4)c4cc(C(F)(F)F)ccc43)sc2C(C)C)c1. The van der Waals surface area contributed by atoms with Gasteiger partial charge in [-0.25, -0.2) is 4.98 Å². The third kappa shape index (κ3) is 4.83. The van der Waals surface area contributed by atoms with E-state index in [1.54, 1.807) is 22.8 Å². The van der Waals surface area contributed by atoms with E-state index in [-0.39, 0.29) is 22.8 Å². The number of hydrogen-bond acceptors (Lipinski definition) is 5. The van der Waals surface area contributed by atoms with Crippen LogP contribution in [0.1, 0.15) is 40.6 Å². The fourth-order valence-corrected chi connectivity index (χ4v) is 5.64. The van der Waals surface area contributed by atoms with Crippen molar-refractivity contribution < 1.29 is 22.7 Å². The fraction of sp³-hybridized carbons (Fsp3) is 0.333. The van der Waals surface area contributed by atoms with Crippen LogP contribution >= 0.6 is 11.3 Å². The molecule has 0 bridgehead atoms. The number of nitrogens with one attached hydrogen (secondary N) is 1. The molecule has 37 heavy (non-hydrogen) atoms. The highest BCUT2D eigenvalue weighted by Crippen LogP contribution is 2.39. The number of aromatic nitrogens is 2. The lowest BCUT2D eigenvalue weighted by atomic mass is 10.1.